The van der Waals surface area contributed by atoms with Crippen molar-refractivity contribution in [3.63, 3.8) is 0 Å². The van der Waals surface area contributed by atoms with Gasteiger partial charge in [0.2, 0.25) is 11.8 Å². The van der Waals surface area contributed by atoms with Crippen LogP contribution < -0.4 is 14.4 Å². The van der Waals surface area contributed by atoms with E-state index in [1.165, 1.54) is 17.0 Å². The van der Waals surface area contributed by atoms with Crippen molar-refractivity contribution in [2.45, 2.75) is 57.6 Å². The van der Waals surface area contributed by atoms with Crippen molar-refractivity contribution in [2.24, 2.45) is 0 Å². The summed E-state index contributed by atoms with van der Waals surface area (Å²) in [5.41, 5.74) is 0.623. The minimum absolute atomic E-state index is 0.0191. The number of ether oxygens (including phenoxy) is 1. The van der Waals surface area contributed by atoms with Gasteiger partial charge in [0.05, 0.1) is 17.2 Å². The fraction of sp³-hybridized carbons (Fsp3) is 0.333. The van der Waals surface area contributed by atoms with E-state index < -0.39 is 34.1 Å². The van der Waals surface area contributed by atoms with Crippen LogP contribution in [-0.2, 0) is 26.2 Å². The van der Waals surface area contributed by atoms with Crippen LogP contribution in [0.15, 0.2) is 88.2 Å². The molecule has 0 aromatic heterocycles. The molecule has 1 N–H and O–H groups in total. The number of sulfonamides is 1. The average Bonchev–Trinajstić information content (AvgIpc) is 2.91. The Balaban J connectivity index is 2.00. The number of carbonyl (C=O) groups is 2. The maximum Gasteiger partial charge on any atom is 0.264 e. The molecular formula is C30H36BrN3O5S. The fourth-order valence-corrected chi connectivity index (χ4v) is 5.65. The Morgan fingerprint density at radius 2 is 1.55 bits per heavy atom. The summed E-state index contributed by atoms with van der Waals surface area (Å²) in [6, 6.07) is 21.1. The summed E-state index contributed by atoms with van der Waals surface area (Å²) in [5.74, 6) is -0.306. The molecule has 10 heteroatoms. The number of nitrogens with zero attached hydrogens (tertiary/aromatic N) is 2. The Morgan fingerprint density at radius 3 is 2.10 bits per heavy atom. The zero-order valence-electron chi connectivity index (χ0n) is 23.4. The maximum absolute atomic E-state index is 13.9. The van der Waals surface area contributed by atoms with E-state index in [2.05, 4.69) is 21.2 Å². The van der Waals surface area contributed by atoms with E-state index in [1.807, 2.05) is 52.0 Å². The van der Waals surface area contributed by atoms with Crippen molar-refractivity contribution in [3.8, 4) is 5.75 Å². The van der Waals surface area contributed by atoms with E-state index in [0.717, 1.165) is 14.3 Å². The highest BCUT2D eigenvalue weighted by molar-refractivity contribution is 9.10. The molecule has 0 aliphatic rings. The minimum Gasteiger partial charge on any atom is -0.494 e. The molecule has 8 nitrogen and oxygen atoms in total. The Labute approximate surface area is 245 Å². The van der Waals surface area contributed by atoms with Crippen molar-refractivity contribution in [1.29, 1.82) is 0 Å². The molecule has 0 saturated heterocycles. The Morgan fingerprint density at radius 1 is 0.950 bits per heavy atom. The second-order valence-electron chi connectivity index (χ2n) is 10.3. The SMILES string of the molecule is CCOc1ccc(S(=O)(=O)N(CC(=O)N(Cc2ccc(Br)cc2)[C@@H](C)C(=O)NC(C)(C)C)c2ccccc2)cc1. The van der Waals surface area contributed by atoms with Gasteiger partial charge in [-0.05, 0) is 88.7 Å². The first kappa shape index (κ1) is 31.2. The molecule has 3 rings (SSSR count). The standard InChI is InChI=1S/C30H36BrN3O5S/c1-6-39-26-16-18-27(19-17-26)40(37,38)34(25-10-8-7-9-11-25)21-28(35)33(20-23-12-14-24(31)15-13-23)22(2)29(36)32-30(3,4)5/h7-19,22H,6,20-21H2,1-5H3,(H,32,36)/t22-/m0/s1. The molecular weight excluding hydrogens is 594 g/mol. The molecule has 1 atom stereocenters. The van der Waals surface area contributed by atoms with Gasteiger partial charge in [0.15, 0.2) is 0 Å². The smallest absolute Gasteiger partial charge is 0.264 e. The van der Waals surface area contributed by atoms with E-state index in [-0.39, 0.29) is 17.3 Å². The maximum atomic E-state index is 13.9. The number of para-hydroxylation sites is 1. The summed E-state index contributed by atoms with van der Waals surface area (Å²) in [7, 11) is -4.14. The van der Waals surface area contributed by atoms with Crippen LogP contribution in [0, 0.1) is 0 Å². The van der Waals surface area contributed by atoms with Gasteiger partial charge in [-0.3, -0.25) is 13.9 Å². The first-order chi connectivity index (χ1) is 18.8. The van der Waals surface area contributed by atoms with Gasteiger partial charge in [-0.15, -0.1) is 0 Å². The van der Waals surface area contributed by atoms with Crippen LogP contribution in [0.25, 0.3) is 0 Å². The van der Waals surface area contributed by atoms with Crippen molar-refractivity contribution >= 4 is 43.5 Å². The van der Waals surface area contributed by atoms with E-state index in [0.29, 0.717) is 18.0 Å². The highest BCUT2D eigenvalue weighted by Gasteiger charge is 2.33. The lowest BCUT2D eigenvalue weighted by Crippen LogP contribution is -2.54. The number of anilines is 1. The second-order valence-corrected chi connectivity index (χ2v) is 13.1. The number of rotatable bonds is 11. The Hall–Kier alpha value is -3.37. The Bertz CT molecular complexity index is 1390. The first-order valence-corrected chi connectivity index (χ1v) is 15.2. The molecule has 2 amide bonds. The molecule has 3 aromatic rings. The molecule has 0 aliphatic carbocycles. The highest BCUT2D eigenvalue weighted by atomic mass is 79.9. The topological polar surface area (TPSA) is 96.0 Å². The van der Waals surface area contributed by atoms with Crippen molar-refractivity contribution in [3.05, 3.63) is 88.9 Å². The molecule has 0 spiro atoms. The number of benzene rings is 3. The molecule has 0 fully saturated rings. The van der Waals surface area contributed by atoms with E-state index in [4.69, 9.17) is 4.74 Å². The molecule has 214 valence electrons. The summed E-state index contributed by atoms with van der Waals surface area (Å²) in [6.07, 6.45) is 0. The number of carbonyl (C=O) groups excluding carboxylic acids is 2. The summed E-state index contributed by atoms with van der Waals surface area (Å²) in [5, 5.41) is 2.92. The number of nitrogens with one attached hydrogen (secondary N) is 1. The quantitative estimate of drug-likeness (QED) is 0.307. The van der Waals surface area contributed by atoms with Gasteiger partial charge in [0, 0.05) is 16.6 Å². The van der Waals surface area contributed by atoms with E-state index in [1.54, 1.807) is 49.4 Å². The van der Waals surface area contributed by atoms with Gasteiger partial charge in [0.1, 0.15) is 18.3 Å². The molecule has 0 aliphatic heterocycles. The number of hydrogen-bond donors (Lipinski definition) is 1. The van der Waals surface area contributed by atoms with Gasteiger partial charge in [-0.1, -0.05) is 46.3 Å². The summed E-state index contributed by atoms with van der Waals surface area (Å²) < 4.78 is 35.2. The number of amides is 2. The molecule has 0 saturated carbocycles. The zero-order chi connectivity index (χ0) is 29.5. The van der Waals surface area contributed by atoms with Crippen LogP contribution in [0.4, 0.5) is 5.69 Å². The van der Waals surface area contributed by atoms with Crippen LogP contribution >= 0.6 is 15.9 Å². The zero-order valence-corrected chi connectivity index (χ0v) is 25.8. The van der Waals surface area contributed by atoms with Gasteiger partial charge < -0.3 is 15.0 Å². The molecule has 3 aromatic carbocycles. The summed E-state index contributed by atoms with van der Waals surface area (Å²) in [4.78, 5) is 28.5. The van der Waals surface area contributed by atoms with E-state index in [9.17, 15) is 18.0 Å². The largest absolute Gasteiger partial charge is 0.494 e. The lowest BCUT2D eigenvalue weighted by Gasteiger charge is -2.33. The Kier molecular flexibility index (Phi) is 10.4. The molecule has 40 heavy (non-hydrogen) atoms. The molecule has 0 unspecified atom stereocenters. The predicted molar refractivity (Wildman–Crippen MR) is 161 cm³/mol. The average molecular weight is 631 g/mol. The van der Waals surface area contributed by atoms with Gasteiger partial charge in [-0.2, -0.15) is 0 Å². The van der Waals surface area contributed by atoms with Crippen LogP contribution in [0.3, 0.4) is 0 Å². The van der Waals surface area contributed by atoms with Gasteiger partial charge in [0.25, 0.3) is 10.0 Å². The fourth-order valence-electron chi connectivity index (χ4n) is 3.97. The lowest BCUT2D eigenvalue weighted by atomic mass is 10.1. The van der Waals surface area contributed by atoms with Crippen molar-refractivity contribution in [1.82, 2.24) is 10.2 Å². The second kappa shape index (κ2) is 13.3. The third kappa shape index (κ3) is 8.32. The van der Waals surface area contributed by atoms with Gasteiger partial charge in [-0.25, -0.2) is 8.42 Å². The third-order valence-electron chi connectivity index (χ3n) is 5.98. The number of hydrogen-bond acceptors (Lipinski definition) is 5. The molecule has 0 radical (unpaired) electrons. The van der Waals surface area contributed by atoms with E-state index >= 15 is 0 Å². The van der Waals surface area contributed by atoms with Crippen LogP contribution in [0.5, 0.6) is 5.75 Å². The monoisotopic (exact) mass is 629 g/mol. The van der Waals surface area contributed by atoms with Crippen LogP contribution in [0.1, 0.15) is 40.2 Å². The number of halogens is 1. The summed E-state index contributed by atoms with van der Waals surface area (Å²) >= 11 is 3.42. The van der Waals surface area contributed by atoms with Crippen molar-refractivity contribution < 1.29 is 22.7 Å². The first-order valence-electron chi connectivity index (χ1n) is 13.0. The normalized spacial score (nSPS) is 12.3. The van der Waals surface area contributed by atoms with Crippen LogP contribution in [0.2, 0.25) is 0 Å². The molecule has 0 heterocycles. The lowest BCUT2D eigenvalue weighted by molar-refractivity contribution is -0.140. The summed E-state index contributed by atoms with van der Waals surface area (Å²) in [6.45, 7) is 9.14. The van der Waals surface area contributed by atoms with Gasteiger partial charge >= 0.3 is 0 Å². The third-order valence-corrected chi connectivity index (χ3v) is 8.29. The highest BCUT2D eigenvalue weighted by Crippen LogP contribution is 2.26. The predicted octanol–water partition coefficient (Wildman–Crippen LogP) is 5.38. The van der Waals surface area contributed by atoms with Crippen molar-refractivity contribution in [2.75, 3.05) is 17.5 Å². The van der Waals surface area contributed by atoms with Crippen LogP contribution in [-0.4, -0.2) is 49.9 Å². The molecule has 0 bridgehead atoms. The minimum atomic E-state index is -4.14.